The van der Waals surface area contributed by atoms with Gasteiger partial charge in [-0.2, -0.15) is 15.8 Å². The number of nitriles is 3. The number of aromatic amines is 3. The van der Waals surface area contributed by atoms with Gasteiger partial charge in [0.05, 0.1) is 51.1 Å². The third kappa shape index (κ3) is 9.79. The molecule has 10 rings (SSSR count). The van der Waals surface area contributed by atoms with E-state index in [1.165, 1.54) is 56.7 Å². The van der Waals surface area contributed by atoms with Crippen LogP contribution in [0.3, 0.4) is 0 Å². The van der Waals surface area contributed by atoms with E-state index < -0.39 is 11.1 Å². The number of amides is 2. The monoisotopic (exact) mass is 968 g/mol. The summed E-state index contributed by atoms with van der Waals surface area (Å²) in [7, 11) is 0. The number of H-pyrrole nitrogens is 3. The first-order valence-electron chi connectivity index (χ1n) is 19.1. The highest BCUT2D eigenvalue weighted by molar-refractivity contribution is 7.18. The first-order chi connectivity index (χ1) is 31.0. The number of thiophene rings is 5. The van der Waals surface area contributed by atoms with Crippen molar-refractivity contribution < 1.29 is 14.7 Å². The zero-order valence-electron chi connectivity index (χ0n) is 33.2. The fourth-order valence-electron chi connectivity index (χ4n) is 6.69. The van der Waals surface area contributed by atoms with Gasteiger partial charge in [-0.3, -0.25) is 24.0 Å². The number of rotatable bonds is 3. The maximum atomic E-state index is 12.5. The van der Waals surface area contributed by atoms with Crippen molar-refractivity contribution in [2.75, 3.05) is 57.3 Å². The molecule has 2 fully saturated rings. The molecule has 0 saturated carbocycles. The third-order valence-corrected chi connectivity index (χ3v) is 14.8. The number of aromatic nitrogens is 3. The molecule has 2 amide bonds. The summed E-state index contributed by atoms with van der Waals surface area (Å²) in [4.78, 5) is 74.0. The van der Waals surface area contributed by atoms with Gasteiger partial charge >= 0.3 is 0 Å². The van der Waals surface area contributed by atoms with Crippen LogP contribution in [0.15, 0.2) is 83.7 Å². The quantitative estimate of drug-likeness (QED) is 0.127. The van der Waals surface area contributed by atoms with Crippen LogP contribution in [-0.4, -0.2) is 94.0 Å². The Hall–Kier alpha value is -6.61. The summed E-state index contributed by atoms with van der Waals surface area (Å²) < 4.78 is 2.20. The second-order valence-electron chi connectivity index (χ2n) is 13.6. The number of hydrogen-bond donors (Lipinski definition) is 5. The van der Waals surface area contributed by atoms with Gasteiger partial charge in [-0.15, -0.1) is 56.7 Å². The zero-order valence-corrected chi connectivity index (χ0v) is 38.0. The highest BCUT2D eigenvalue weighted by atomic mass is 35.5. The molecule has 2 aliphatic rings. The number of nitrogens with zero attached hydrogens (tertiary/aromatic N) is 6. The molecule has 324 valence electrons. The Morgan fingerprint density at radius 2 is 1.03 bits per heavy atom. The molecule has 10 heterocycles. The molecule has 5 N–H and O–H groups in total. The van der Waals surface area contributed by atoms with Gasteiger partial charge in [0.25, 0.3) is 28.5 Å². The average molecular weight is 970 g/mol. The summed E-state index contributed by atoms with van der Waals surface area (Å²) >= 11 is 13.0. The van der Waals surface area contributed by atoms with Crippen molar-refractivity contribution in [2.45, 2.75) is 0 Å². The van der Waals surface area contributed by atoms with Crippen LogP contribution in [0.4, 0.5) is 5.69 Å². The van der Waals surface area contributed by atoms with Crippen molar-refractivity contribution in [2.24, 2.45) is 0 Å². The Kier molecular flexibility index (Phi) is 14.7. The molecular weight excluding hydrogens is 936 g/mol. The summed E-state index contributed by atoms with van der Waals surface area (Å²) in [5.74, 6) is -0.00455. The number of carbonyl (C=O) groups excluding carboxylic acids is 2. The Morgan fingerprint density at radius 1 is 0.578 bits per heavy atom. The van der Waals surface area contributed by atoms with Crippen LogP contribution in [0.25, 0.3) is 30.6 Å². The molecule has 0 aromatic carbocycles. The van der Waals surface area contributed by atoms with Gasteiger partial charge in [-0.05, 0) is 57.2 Å². The van der Waals surface area contributed by atoms with Crippen LogP contribution in [0.2, 0.25) is 5.02 Å². The molecule has 0 bridgehead atoms. The van der Waals surface area contributed by atoms with Crippen LogP contribution < -0.4 is 26.9 Å². The van der Waals surface area contributed by atoms with Crippen molar-refractivity contribution >= 4 is 116 Å². The Labute approximate surface area is 387 Å². The number of fused-ring (bicyclic) bond motifs is 3. The fourth-order valence-corrected chi connectivity index (χ4v) is 11.0. The molecule has 8 aromatic heterocycles. The van der Waals surface area contributed by atoms with Gasteiger partial charge in [0.2, 0.25) is 0 Å². The standard InChI is InChI=1S/C17H14N4O2S2.C9H12N2OS.C8H3ClN2OS.C8H4N2O2S/c18-10-11-14(15-12(3-9-25-15)19-16(11)22)20-4-6-21(7-5-20)17(23)13-2-1-8-24-13;12-9(8-2-1-7-13-8)11-5-3-10-4-6-11;9-6-4(3-10)8(12)11-5-1-2-13-7(5)6;9-3-4-6(11)7-5(1-2-13-7)10-8(4)12/h1-3,8-9H,4-7H2,(H,19,22);1-2,7,10H,3-6H2;1-2H,(H,11,12);1-2H,(H2,10,11,12). The van der Waals surface area contributed by atoms with Crippen LogP contribution >= 0.6 is 68.3 Å². The predicted molar refractivity (Wildman–Crippen MR) is 254 cm³/mol. The lowest BCUT2D eigenvalue weighted by Gasteiger charge is -2.36. The third-order valence-electron chi connectivity index (χ3n) is 9.83. The molecule has 64 heavy (non-hydrogen) atoms. The summed E-state index contributed by atoms with van der Waals surface area (Å²) in [5.41, 5.74) is 1.25. The predicted octanol–water partition coefficient (Wildman–Crippen LogP) is 6.56. The van der Waals surface area contributed by atoms with E-state index in [2.05, 4.69) is 20.3 Å². The van der Waals surface area contributed by atoms with Gasteiger partial charge < -0.3 is 40.1 Å². The first kappa shape index (κ1) is 45.4. The van der Waals surface area contributed by atoms with Crippen molar-refractivity contribution in [1.82, 2.24) is 30.1 Å². The zero-order chi connectivity index (χ0) is 45.3. The summed E-state index contributed by atoms with van der Waals surface area (Å²) in [6.45, 7) is 5.83. The highest BCUT2D eigenvalue weighted by Crippen LogP contribution is 2.33. The van der Waals surface area contributed by atoms with Gasteiger partial charge in [-0.1, -0.05) is 23.7 Å². The molecule has 16 nitrogen and oxygen atoms in total. The van der Waals surface area contributed by atoms with Crippen molar-refractivity contribution in [3.63, 3.8) is 0 Å². The molecule has 0 aliphatic carbocycles. The smallest absolute Gasteiger partial charge is 0.270 e. The number of anilines is 1. The van der Waals surface area contributed by atoms with Crippen LogP contribution in [0, 0.1) is 34.0 Å². The summed E-state index contributed by atoms with van der Waals surface area (Å²) in [5, 5.41) is 48.9. The van der Waals surface area contributed by atoms with E-state index in [0.717, 1.165) is 50.8 Å². The minimum Gasteiger partial charge on any atom is -0.505 e. The number of hydrogen-bond acceptors (Lipinski definition) is 16. The molecule has 2 aliphatic heterocycles. The van der Waals surface area contributed by atoms with E-state index in [1.54, 1.807) is 29.7 Å². The van der Waals surface area contributed by atoms with Crippen LogP contribution in [0.1, 0.15) is 36.0 Å². The lowest BCUT2D eigenvalue weighted by atomic mass is 10.1. The average Bonchev–Trinajstić information content (AvgIpc) is 4.18. The normalized spacial score (nSPS) is 13.4. The number of pyridine rings is 3. The lowest BCUT2D eigenvalue weighted by Crippen LogP contribution is -2.49. The largest absolute Gasteiger partial charge is 0.505 e. The van der Waals surface area contributed by atoms with E-state index in [-0.39, 0.29) is 44.8 Å². The molecular formula is C42H33ClN10O6S5. The molecule has 0 spiro atoms. The van der Waals surface area contributed by atoms with Gasteiger partial charge in [0, 0.05) is 52.4 Å². The minimum absolute atomic E-state index is 0.0170. The number of nitrogens with one attached hydrogen (secondary N) is 4. The van der Waals surface area contributed by atoms with Crippen LogP contribution in [0.5, 0.6) is 5.75 Å². The Bertz CT molecular complexity index is 3160. The highest BCUT2D eigenvalue weighted by Gasteiger charge is 2.27. The number of piperazine rings is 2. The minimum atomic E-state index is -0.550. The lowest BCUT2D eigenvalue weighted by molar-refractivity contribution is 0.0737. The second kappa shape index (κ2) is 20.7. The second-order valence-corrected chi connectivity index (χ2v) is 18.6. The molecule has 0 unspecified atom stereocenters. The number of carbonyl (C=O) groups is 2. The van der Waals surface area contributed by atoms with E-state index in [9.17, 15) is 34.3 Å². The molecule has 0 radical (unpaired) electrons. The molecule has 2 saturated heterocycles. The Morgan fingerprint density at radius 3 is 1.55 bits per heavy atom. The maximum Gasteiger partial charge on any atom is 0.270 e. The molecule has 22 heteroatoms. The Balaban J connectivity index is 0.000000135. The van der Waals surface area contributed by atoms with E-state index in [0.29, 0.717) is 47.6 Å². The topological polar surface area (TPSA) is 246 Å². The van der Waals surface area contributed by atoms with Crippen molar-refractivity contribution in [3.8, 4) is 24.0 Å². The van der Waals surface area contributed by atoms with Crippen molar-refractivity contribution in [1.29, 1.82) is 15.8 Å². The summed E-state index contributed by atoms with van der Waals surface area (Å²) in [6.07, 6.45) is 0. The van der Waals surface area contributed by atoms with Crippen LogP contribution in [-0.2, 0) is 0 Å². The number of halogens is 1. The van der Waals surface area contributed by atoms with Gasteiger partial charge in [0.15, 0.2) is 11.3 Å². The van der Waals surface area contributed by atoms with Gasteiger partial charge in [0.1, 0.15) is 29.3 Å². The number of aromatic hydroxyl groups is 1. The summed E-state index contributed by atoms with van der Waals surface area (Å²) in [6, 6.07) is 18.3. The van der Waals surface area contributed by atoms with E-state index in [1.807, 2.05) is 72.6 Å². The first-order valence-corrected chi connectivity index (χ1v) is 23.9. The van der Waals surface area contributed by atoms with Crippen molar-refractivity contribution in [3.05, 3.63) is 132 Å². The van der Waals surface area contributed by atoms with E-state index >= 15 is 0 Å². The maximum absolute atomic E-state index is 12.5. The van der Waals surface area contributed by atoms with E-state index in [4.69, 9.17) is 22.1 Å². The van der Waals surface area contributed by atoms with Gasteiger partial charge in [-0.25, -0.2) is 0 Å². The SMILES string of the molecule is N#Cc1c(Cl)c2sccc2[nH]c1=O.N#Cc1c(N2CCN(C(=O)c3cccs3)CC2)c2sccc2[nH]c1=O.N#Cc1c(O)c2sccc2[nH]c1=O.O=C(c1cccs1)N1CCNCC1. The molecule has 8 aromatic rings. The fraction of sp³-hybridized carbons (Fsp3) is 0.190. The molecule has 0 atom stereocenters.